The van der Waals surface area contributed by atoms with Gasteiger partial charge in [-0.25, -0.2) is 4.99 Å². The Morgan fingerprint density at radius 3 is 1.68 bits per heavy atom. The molecule has 4 aromatic rings. The predicted octanol–water partition coefficient (Wildman–Crippen LogP) is 6.51. The van der Waals surface area contributed by atoms with E-state index < -0.39 is 6.89 Å². The lowest BCUT2D eigenvalue weighted by molar-refractivity contribution is -0.113. The number of thioether (sulfide) groups is 1. The second kappa shape index (κ2) is 11.2. The van der Waals surface area contributed by atoms with Crippen molar-refractivity contribution in [3.8, 4) is 6.07 Å². The zero-order valence-corrected chi connectivity index (χ0v) is 23.0. The molecule has 0 unspecified atom stereocenters. The van der Waals surface area contributed by atoms with E-state index in [0.717, 1.165) is 21.5 Å². The fourth-order valence-corrected chi connectivity index (χ4v) is 10.1. The Balaban J connectivity index is 1.73. The average molecular weight is 531 g/mol. The number of hydrogen-bond acceptors (Lipinski definition) is 3. The van der Waals surface area contributed by atoms with Crippen LogP contribution >= 0.6 is 18.6 Å². The van der Waals surface area contributed by atoms with Gasteiger partial charge in [0.1, 0.15) is 11.1 Å². The monoisotopic (exact) mass is 530 g/mol. The van der Waals surface area contributed by atoms with Crippen LogP contribution in [0, 0.1) is 11.3 Å². The lowest BCUT2D eigenvalue weighted by atomic mass is 10.0. The van der Waals surface area contributed by atoms with Gasteiger partial charge in [-0.2, -0.15) is 5.26 Å². The first-order valence-electron chi connectivity index (χ1n) is 12.5. The number of benzene rings is 4. The van der Waals surface area contributed by atoms with Crippen molar-refractivity contribution in [2.45, 2.75) is 19.8 Å². The molecule has 0 spiro atoms. The average Bonchev–Trinajstić information content (AvgIpc) is 3.32. The van der Waals surface area contributed by atoms with Crippen LogP contribution in [0.4, 0.5) is 0 Å². The van der Waals surface area contributed by atoms with Crippen LogP contribution in [0.3, 0.4) is 0 Å². The summed E-state index contributed by atoms with van der Waals surface area (Å²) in [5.41, 5.74) is 2.19. The molecule has 0 radical (unpaired) electrons. The van der Waals surface area contributed by atoms with Crippen molar-refractivity contribution in [2.24, 2.45) is 4.99 Å². The minimum Gasteiger partial charge on any atom is -0.266 e. The SMILES string of the molecule is CC(C)c1ccc(C=C2SC(C(C#N)=P(c3ccccc3)(c3ccccc3)c3ccccc3)=NC2=O)cc1. The molecular formula is C33H27N2OPS. The molecule has 1 aliphatic rings. The zero-order chi connectivity index (χ0) is 26.5. The highest BCUT2D eigenvalue weighted by atomic mass is 32.2. The molecule has 38 heavy (non-hydrogen) atoms. The van der Waals surface area contributed by atoms with E-state index in [0.29, 0.717) is 21.2 Å². The molecule has 0 aliphatic carbocycles. The van der Waals surface area contributed by atoms with E-state index in [1.165, 1.54) is 17.3 Å². The number of nitriles is 1. The Labute approximate surface area is 228 Å². The standard InChI is InChI=1S/C33H27N2OPS/c1-24(2)26-20-18-25(19-21-26)22-31-32(36)35-33(38-31)30(23-34)37(27-12-6-3-7-13-27,28-14-8-4-9-15-28)29-16-10-5-11-17-29/h3-22,24H,1-2H3. The molecule has 0 N–H and O–H groups in total. The van der Waals surface area contributed by atoms with E-state index in [2.05, 4.69) is 73.4 Å². The number of nitrogens with zero attached hydrogens (tertiary/aromatic N) is 2. The van der Waals surface area contributed by atoms with Gasteiger partial charge in [-0.05, 0) is 45.9 Å². The van der Waals surface area contributed by atoms with Gasteiger partial charge >= 0.3 is 0 Å². The van der Waals surface area contributed by atoms with E-state index in [-0.39, 0.29) is 5.91 Å². The van der Waals surface area contributed by atoms with Crippen LogP contribution < -0.4 is 15.9 Å². The fourth-order valence-electron chi connectivity index (χ4n) is 4.69. The van der Waals surface area contributed by atoms with Gasteiger partial charge in [-0.1, -0.05) is 141 Å². The van der Waals surface area contributed by atoms with Gasteiger partial charge < -0.3 is 0 Å². The number of carbonyl (C=O) groups excluding carboxylic acids is 1. The van der Waals surface area contributed by atoms with Crippen molar-refractivity contribution in [2.75, 3.05) is 0 Å². The minimum atomic E-state index is -2.64. The fraction of sp³-hybridized carbons (Fsp3) is 0.0909. The Morgan fingerprint density at radius 2 is 1.26 bits per heavy atom. The van der Waals surface area contributed by atoms with Crippen molar-refractivity contribution in [1.82, 2.24) is 0 Å². The van der Waals surface area contributed by atoms with Gasteiger partial charge in [0.05, 0.1) is 10.2 Å². The third-order valence-electron chi connectivity index (χ3n) is 6.60. The van der Waals surface area contributed by atoms with E-state index in [9.17, 15) is 10.1 Å². The Hall–Kier alpha value is -3.90. The molecule has 0 fully saturated rings. The lowest BCUT2D eigenvalue weighted by Crippen LogP contribution is -2.32. The molecule has 0 aromatic heterocycles. The van der Waals surface area contributed by atoms with Crippen LogP contribution in [0.1, 0.15) is 30.9 Å². The Bertz CT molecular complexity index is 1510. The van der Waals surface area contributed by atoms with Crippen LogP contribution in [0.2, 0.25) is 0 Å². The number of rotatable bonds is 6. The number of aliphatic imine (C=N–C) groups is 1. The molecule has 1 amide bonds. The van der Waals surface area contributed by atoms with Gasteiger partial charge in [-0.3, -0.25) is 4.79 Å². The molecule has 0 saturated carbocycles. The maximum absolute atomic E-state index is 13.1. The highest BCUT2D eigenvalue weighted by Gasteiger charge is 2.35. The molecule has 5 rings (SSSR count). The van der Waals surface area contributed by atoms with Crippen molar-refractivity contribution in [3.63, 3.8) is 0 Å². The summed E-state index contributed by atoms with van der Waals surface area (Å²) in [7, 11) is 0. The van der Waals surface area contributed by atoms with Crippen LogP contribution in [-0.4, -0.2) is 16.2 Å². The van der Waals surface area contributed by atoms with Gasteiger partial charge in [0.25, 0.3) is 5.91 Å². The van der Waals surface area contributed by atoms with E-state index >= 15 is 0 Å². The van der Waals surface area contributed by atoms with Gasteiger partial charge in [0, 0.05) is 0 Å². The number of hydrogen-bond donors (Lipinski definition) is 0. The first-order chi connectivity index (χ1) is 18.5. The molecule has 1 heterocycles. The molecule has 1 aliphatic heterocycles. The number of amides is 1. The molecule has 0 bridgehead atoms. The maximum Gasteiger partial charge on any atom is 0.284 e. The van der Waals surface area contributed by atoms with Crippen LogP contribution in [-0.2, 0) is 4.79 Å². The quantitative estimate of drug-likeness (QED) is 0.211. The van der Waals surface area contributed by atoms with Crippen LogP contribution in [0.5, 0.6) is 0 Å². The Morgan fingerprint density at radius 1 is 0.789 bits per heavy atom. The molecule has 4 aromatic carbocycles. The normalized spacial score (nSPS) is 14.4. The predicted molar refractivity (Wildman–Crippen MR) is 164 cm³/mol. The largest absolute Gasteiger partial charge is 0.284 e. The summed E-state index contributed by atoms with van der Waals surface area (Å²) >= 11 is 1.30. The van der Waals surface area contributed by atoms with E-state index in [1.807, 2.05) is 72.8 Å². The first-order valence-corrected chi connectivity index (χ1v) is 15.1. The molecule has 0 atom stereocenters. The second-order valence-electron chi connectivity index (χ2n) is 9.29. The second-order valence-corrected chi connectivity index (χ2v) is 13.7. The topological polar surface area (TPSA) is 53.2 Å². The third kappa shape index (κ3) is 4.84. The summed E-state index contributed by atoms with van der Waals surface area (Å²) in [6.07, 6.45) is 1.87. The molecule has 3 nitrogen and oxygen atoms in total. The third-order valence-corrected chi connectivity index (χ3v) is 11.9. The molecule has 186 valence electrons. The summed E-state index contributed by atoms with van der Waals surface area (Å²) in [6, 6.07) is 41.3. The van der Waals surface area contributed by atoms with E-state index in [1.54, 1.807) is 0 Å². The smallest absolute Gasteiger partial charge is 0.266 e. The summed E-state index contributed by atoms with van der Waals surface area (Å²) in [5.74, 6) is 0.130. The van der Waals surface area contributed by atoms with Crippen molar-refractivity contribution in [1.29, 1.82) is 5.26 Å². The van der Waals surface area contributed by atoms with Gasteiger partial charge in [0.2, 0.25) is 0 Å². The summed E-state index contributed by atoms with van der Waals surface area (Å²) in [6.45, 7) is 1.67. The highest BCUT2D eigenvalue weighted by molar-refractivity contribution is 8.22. The summed E-state index contributed by atoms with van der Waals surface area (Å²) < 4.78 is 0. The van der Waals surface area contributed by atoms with Crippen molar-refractivity contribution >= 4 is 56.9 Å². The van der Waals surface area contributed by atoms with Crippen molar-refractivity contribution in [3.05, 3.63) is 131 Å². The molecule has 0 saturated heterocycles. The lowest BCUT2D eigenvalue weighted by Gasteiger charge is -2.30. The maximum atomic E-state index is 13.1. The van der Waals surface area contributed by atoms with Crippen LogP contribution in [0.15, 0.2) is 125 Å². The van der Waals surface area contributed by atoms with Gasteiger partial charge in [-0.15, -0.1) is 0 Å². The van der Waals surface area contributed by atoms with Crippen LogP contribution in [0.25, 0.3) is 6.08 Å². The first kappa shape index (κ1) is 25.7. The minimum absolute atomic E-state index is 0.307. The van der Waals surface area contributed by atoms with E-state index in [4.69, 9.17) is 0 Å². The van der Waals surface area contributed by atoms with Gasteiger partial charge in [0.15, 0.2) is 0 Å². The molecular weight excluding hydrogens is 503 g/mol. The summed E-state index contributed by atoms with van der Waals surface area (Å²) in [4.78, 5) is 18.1. The zero-order valence-electron chi connectivity index (χ0n) is 21.3. The van der Waals surface area contributed by atoms with Crippen molar-refractivity contribution < 1.29 is 4.79 Å². The Kier molecular flexibility index (Phi) is 7.61. The highest BCUT2D eigenvalue weighted by Crippen LogP contribution is 2.48. The molecule has 5 heteroatoms. The summed E-state index contributed by atoms with van der Waals surface area (Å²) in [5, 5.41) is 14.9. The number of carbonyl (C=O) groups is 1.